The molecule has 1 aromatic carbocycles. The summed E-state index contributed by atoms with van der Waals surface area (Å²) >= 11 is 6.55. The van der Waals surface area contributed by atoms with Gasteiger partial charge in [0.05, 0.1) is 0 Å². The van der Waals surface area contributed by atoms with Gasteiger partial charge in [0.15, 0.2) is 0 Å². The fourth-order valence-electron chi connectivity index (χ4n) is 0.883. The topological polar surface area (TPSA) is 26.0 Å². The zero-order valence-corrected chi connectivity index (χ0v) is 10.6. The van der Waals surface area contributed by atoms with Crippen LogP contribution in [0.1, 0.15) is 11.7 Å². The number of halogens is 4. The van der Waals surface area contributed by atoms with Crippen molar-refractivity contribution in [3.05, 3.63) is 32.7 Å². The highest BCUT2D eigenvalue weighted by molar-refractivity contribution is 9.11. The van der Waals surface area contributed by atoms with Crippen molar-refractivity contribution >= 4 is 44.3 Å². The Balaban J connectivity index is 0.00000144. The second kappa shape index (κ2) is 5.96. The summed E-state index contributed by atoms with van der Waals surface area (Å²) in [5.41, 5.74) is 5.80. The predicted molar refractivity (Wildman–Crippen MR) is 62.0 cm³/mol. The first-order valence-electron chi connectivity index (χ1n) is 3.44. The minimum atomic E-state index is -1.09. The van der Waals surface area contributed by atoms with E-state index in [9.17, 15) is 4.39 Å². The van der Waals surface area contributed by atoms with Gasteiger partial charge in [0, 0.05) is 21.1 Å². The van der Waals surface area contributed by atoms with Crippen LogP contribution in [0.2, 0.25) is 0 Å². The number of nitrogens with two attached hydrogens (primary N) is 1. The summed E-state index contributed by atoms with van der Waals surface area (Å²) in [6.45, 7) is 0.0141. The van der Waals surface area contributed by atoms with Gasteiger partial charge < -0.3 is 5.73 Å². The summed E-state index contributed by atoms with van der Waals surface area (Å²) in [6, 6.07) is 5.31. The maximum atomic E-state index is 13.1. The Labute approximate surface area is 99.6 Å². The average molecular weight is 333 g/mol. The molecule has 0 amide bonds. The summed E-state index contributed by atoms with van der Waals surface area (Å²) in [7, 11) is 0. The molecule has 0 fully saturated rings. The van der Waals surface area contributed by atoms with Crippen molar-refractivity contribution in [3.8, 4) is 0 Å². The van der Waals surface area contributed by atoms with Gasteiger partial charge in [-0.25, -0.2) is 4.39 Å². The molecule has 13 heavy (non-hydrogen) atoms. The number of hydrogen-bond donors (Lipinski definition) is 1. The van der Waals surface area contributed by atoms with E-state index in [1.54, 1.807) is 18.2 Å². The van der Waals surface area contributed by atoms with E-state index in [4.69, 9.17) is 5.73 Å². The quantitative estimate of drug-likeness (QED) is 0.879. The molecule has 0 saturated carbocycles. The molecule has 0 aromatic heterocycles. The molecule has 0 saturated heterocycles. The molecule has 1 nitrogen and oxygen atoms in total. The van der Waals surface area contributed by atoms with E-state index in [1.807, 2.05) is 0 Å². The molecule has 1 unspecified atom stereocenters. The van der Waals surface area contributed by atoms with Crippen LogP contribution in [0.4, 0.5) is 4.39 Å². The molecule has 0 aliphatic carbocycles. The first-order chi connectivity index (χ1) is 5.65. The first kappa shape index (κ1) is 13.4. The maximum Gasteiger partial charge on any atom is 0.138 e. The second-order valence-electron chi connectivity index (χ2n) is 2.37. The van der Waals surface area contributed by atoms with E-state index < -0.39 is 6.17 Å². The fourth-order valence-corrected chi connectivity index (χ4v) is 2.18. The van der Waals surface area contributed by atoms with E-state index in [0.29, 0.717) is 5.56 Å². The van der Waals surface area contributed by atoms with Gasteiger partial charge in [-0.1, -0.05) is 37.9 Å². The van der Waals surface area contributed by atoms with Gasteiger partial charge in [-0.3, -0.25) is 0 Å². The number of benzene rings is 1. The molecule has 1 rings (SSSR count). The van der Waals surface area contributed by atoms with Gasteiger partial charge in [-0.05, 0) is 12.1 Å². The van der Waals surface area contributed by atoms with E-state index in [2.05, 4.69) is 31.9 Å². The lowest BCUT2D eigenvalue weighted by Crippen LogP contribution is -2.08. The third-order valence-electron chi connectivity index (χ3n) is 1.51. The van der Waals surface area contributed by atoms with Crippen molar-refractivity contribution in [2.45, 2.75) is 6.17 Å². The molecule has 1 atom stereocenters. The SMILES string of the molecule is Cl.NCC(F)c1ccc(Br)cc1Br. The van der Waals surface area contributed by atoms with Crippen LogP contribution in [-0.2, 0) is 0 Å². The molecule has 0 heterocycles. The molecule has 0 bridgehead atoms. The molecule has 0 aliphatic heterocycles. The van der Waals surface area contributed by atoms with Crippen molar-refractivity contribution in [3.63, 3.8) is 0 Å². The normalized spacial score (nSPS) is 12.0. The zero-order chi connectivity index (χ0) is 9.14. The van der Waals surface area contributed by atoms with Crippen LogP contribution >= 0.6 is 44.3 Å². The van der Waals surface area contributed by atoms with E-state index in [-0.39, 0.29) is 19.0 Å². The van der Waals surface area contributed by atoms with Crippen LogP contribution in [0.3, 0.4) is 0 Å². The Morgan fingerprint density at radius 1 is 1.38 bits per heavy atom. The molecule has 0 aliphatic rings. The first-order valence-corrected chi connectivity index (χ1v) is 5.03. The van der Waals surface area contributed by atoms with Gasteiger partial charge in [0.1, 0.15) is 6.17 Å². The Morgan fingerprint density at radius 3 is 2.46 bits per heavy atom. The molecule has 0 spiro atoms. The van der Waals surface area contributed by atoms with Crippen LogP contribution in [0.25, 0.3) is 0 Å². The number of alkyl halides is 1. The molecule has 2 N–H and O–H groups in total. The van der Waals surface area contributed by atoms with Crippen LogP contribution < -0.4 is 5.73 Å². The Morgan fingerprint density at radius 2 is 2.00 bits per heavy atom. The van der Waals surface area contributed by atoms with Crippen LogP contribution in [-0.4, -0.2) is 6.54 Å². The van der Waals surface area contributed by atoms with Crippen LogP contribution in [0.5, 0.6) is 0 Å². The molecular weight excluding hydrogens is 324 g/mol. The lowest BCUT2D eigenvalue weighted by Gasteiger charge is -2.07. The van der Waals surface area contributed by atoms with Crippen molar-refractivity contribution in [2.75, 3.05) is 6.54 Å². The molecular formula is C8H9Br2ClFN. The highest BCUT2D eigenvalue weighted by Crippen LogP contribution is 2.28. The maximum absolute atomic E-state index is 13.1. The van der Waals surface area contributed by atoms with Gasteiger partial charge in [-0.2, -0.15) is 0 Å². The standard InChI is InChI=1S/C8H8Br2FN.ClH/c9-5-1-2-6(7(10)3-5)8(11)4-12;/h1-3,8H,4,12H2;1H. The average Bonchev–Trinajstić information content (AvgIpc) is 2.03. The van der Waals surface area contributed by atoms with E-state index in [0.717, 1.165) is 8.95 Å². The van der Waals surface area contributed by atoms with Crippen molar-refractivity contribution < 1.29 is 4.39 Å². The zero-order valence-electron chi connectivity index (χ0n) is 6.64. The lowest BCUT2D eigenvalue weighted by molar-refractivity contribution is 0.351. The predicted octanol–water partition coefficient (Wildman–Crippen LogP) is 3.60. The summed E-state index contributed by atoms with van der Waals surface area (Å²) in [5.74, 6) is 0. The highest BCUT2D eigenvalue weighted by Gasteiger charge is 2.10. The third kappa shape index (κ3) is 3.54. The van der Waals surface area contributed by atoms with Gasteiger partial charge in [0.2, 0.25) is 0 Å². The number of rotatable bonds is 2. The number of hydrogen-bond acceptors (Lipinski definition) is 1. The molecule has 74 valence electrons. The molecule has 5 heteroatoms. The summed E-state index contributed by atoms with van der Waals surface area (Å²) < 4.78 is 14.8. The third-order valence-corrected chi connectivity index (χ3v) is 2.69. The lowest BCUT2D eigenvalue weighted by atomic mass is 10.1. The minimum Gasteiger partial charge on any atom is -0.327 e. The second-order valence-corrected chi connectivity index (χ2v) is 4.14. The van der Waals surface area contributed by atoms with Crippen molar-refractivity contribution in [1.29, 1.82) is 0 Å². The minimum absolute atomic E-state index is 0. The largest absolute Gasteiger partial charge is 0.327 e. The summed E-state index contributed by atoms with van der Waals surface area (Å²) in [5, 5.41) is 0. The summed E-state index contributed by atoms with van der Waals surface area (Å²) in [6.07, 6.45) is -1.09. The smallest absolute Gasteiger partial charge is 0.138 e. The van der Waals surface area contributed by atoms with E-state index in [1.165, 1.54) is 0 Å². The van der Waals surface area contributed by atoms with Crippen LogP contribution in [0, 0.1) is 0 Å². The fraction of sp³-hybridized carbons (Fsp3) is 0.250. The van der Waals surface area contributed by atoms with Gasteiger partial charge in [0.25, 0.3) is 0 Å². The molecule has 1 aromatic rings. The summed E-state index contributed by atoms with van der Waals surface area (Å²) in [4.78, 5) is 0. The van der Waals surface area contributed by atoms with Crippen molar-refractivity contribution in [1.82, 2.24) is 0 Å². The Hall–Kier alpha value is 0.360. The monoisotopic (exact) mass is 331 g/mol. The molecule has 0 radical (unpaired) electrons. The Bertz CT molecular complexity index is 283. The Kier molecular flexibility index (Phi) is 6.12. The van der Waals surface area contributed by atoms with Crippen molar-refractivity contribution in [2.24, 2.45) is 5.73 Å². The highest BCUT2D eigenvalue weighted by atomic mass is 79.9. The van der Waals surface area contributed by atoms with E-state index >= 15 is 0 Å². The van der Waals surface area contributed by atoms with Gasteiger partial charge in [-0.15, -0.1) is 12.4 Å². The van der Waals surface area contributed by atoms with Crippen LogP contribution in [0.15, 0.2) is 27.1 Å². The van der Waals surface area contributed by atoms with Gasteiger partial charge >= 0.3 is 0 Å².